The second kappa shape index (κ2) is 5.73. The number of benzene rings is 1. The van der Waals surface area contributed by atoms with Crippen LogP contribution in [0.5, 0.6) is 0 Å². The van der Waals surface area contributed by atoms with Crippen LogP contribution in [0, 0.1) is 6.92 Å². The average Bonchev–Trinajstić information content (AvgIpc) is 2.98. The van der Waals surface area contributed by atoms with Gasteiger partial charge in [0.15, 0.2) is 0 Å². The highest BCUT2D eigenvalue weighted by atomic mass is 32.1. The van der Waals surface area contributed by atoms with Crippen molar-refractivity contribution in [2.24, 2.45) is 0 Å². The Kier molecular flexibility index (Phi) is 3.80. The molecule has 1 aliphatic rings. The van der Waals surface area contributed by atoms with E-state index in [-0.39, 0.29) is 5.91 Å². The van der Waals surface area contributed by atoms with Gasteiger partial charge in [0.25, 0.3) is 5.91 Å². The summed E-state index contributed by atoms with van der Waals surface area (Å²) in [6.45, 7) is 4.58. The predicted molar refractivity (Wildman–Crippen MR) is 79.0 cm³/mol. The Balaban J connectivity index is 1.79. The van der Waals surface area contributed by atoms with Crippen LogP contribution in [0.2, 0.25) is 0 Å². The van der Waals surface area contributed by atoms with Gasteiger partial charge in [-0.1, -0.05) is 29.8 Å². The molecule has 0 atom stereocenters. The Bertz CT molecular complexity index is 601. The summed E-state index contributed by atoms with van der Waals surface area (Å²) < 4.78 is 5.26. The van der Waals surface area contributed by atoms with Crippen LogP contribution in [0.4, 0.5) is 0 Å². The smallest absolute Gasteiger partial charge is 0.273 e. The molecule has 1 saturated heterocycles. The molecule has 1 amide bonds. The molecule has 2 heterocycles. The van der Waals surface area contributed by atoms with Gasteiger partial charge in [0.2, 0.25) is 0 Å². The minimum absolute atomic E-state index is 0.00270. The van der Waals surface area contributed by atoms with E-state index in [2.05, 4.69) is 24.0 Å². The molecule has 0 radical (unpaired) electrons. The molecule has 5 heteroatoms. The summed E-state index contributed by atoms with van der Waals surface area (Å²) >= 11 is 1.51. The van der Waals surface area contributed by atoms with E-state index in [0.717, 1.165) is 10.6 Å². The third-order valence-corrected chi connectivity index (χ3v) is 4.21. The van der Waals surface area contributed by atoms with E-state index >= 15 is 0 Å². The SMILES string of the molecule is Cc1ccc(-c2nc(C(=O)N3CCOCC3)cs2)cc1. The lowest BCUT2D eigenvalue weighted by atomic mass is 10.2. The maximum atomic E-state index is 12.3. The molecule has 0 bridgehead atoms. The van der Waals surface area contributed by atoms with Crippen LogP contribution in [0.25, 0.3) is 10.6 Å². The van der Waals surface area contributed by atoms with Crippen molar-refractivity contribution in [3.05, 3.63) is 40.9 Å². The summed E-state index contributed by atoms with van der Waals surface area (Å²) in [6, 6.07) is 8.19. The van der Waals surface area contributed by atoms with Crippen molar-refractivity contribution in [2.45, 2.75) is 6.92 Å². The van der Waals surface area contributed by atoms with E-state index in [1.54, 1.807) is 4.90 Å². The van der Waals surface area contributed by atoms with Gasteiger partial charge in [0.1, 0.15) is 10.7 Å². The quantitative estimate of drug-likeness (QED) is 0.853. The number of carbonyl (C=O) groups is 1. The molecule has 0 aliphatic carbocycles. The van der Waals surface area contributed by atoms with E-state index in [4.69, 9.17) is 4.74 Å². The third kappa shape index (κ3) is 2.73. The molecule has 2 aromatic rings. The molecule has 20 heavy (non-hydrogen) atoms. The molecular formula is C15H16N2O2S. The Hall–Kier alpha value is -1.72. The fourth-order valence-corrected chi connectivity index (χ4v) is 2.93. The molecule has 4 nitrogen and oxygen atoms in total. The van der Waals surface area contributed by atoms with E-state index in [1.807, 2.05) is 17.5 Å². The molecule has 0 saturated carbocycles. The third-order valence-electron chi connectivity index (χ3n) is 3.32. The number of nitrogens with zero attached hydrogens (tertiary/aromatic N) is 2. The maximum absolute atomic E-state index is 12.3. The number of ether oxygens (including phenoxy) is 1. The van der Waals surface area contributed by atoms with Crippen LogP contribution in [-0.2, 0) is 4.74 Å². The van der Waals surface area contributed by atoms with Crippen molar-refractivity contribution in [3.8, 4) is 10.6 Å². The zero-order chi connectivity index (χ0) is 13.9. The van der Waals surface area contributed by atoms with Crippen LogP contribution in [0.15, 0.2) is 29.6 Å². The van der Waals surface area contributed by atoms with Crippen molar-refractivity contribution in [3.63, 3.8) is 0 Å². The minimum Gasteiger partial charge on any atom is -0.378 e. The van der Waals surface area contributed by atoms with Gasteiger partial charge < -0.3 is 9.64 Å². The van der Waals surface area contributed by atoms with Crippen molar-refractivity contribution in [1.82, 2.24) is 9.88 Å². The summed E-state index contributed by atoms with van der Waals surface area (Å²) in [5.74, 6) is 0.00270. The number of amides is 1. The van der Waals surface area contributed by atoms with Gasteiger partial charge in [-0.15, -0.1) is 11.3 Å². The van der Waals surface area contributed by atoms with Gasteiger partial charge in [-0.25, -0.2) is 4.98 Å². The number of rotatable bonds is 2. The van der Waals surface area contributed by atoms with Gasteiger partial charge in [-0.3, -0.25) is 4.79 Å². The molecule has 0 unspecified atom stereocenters. The molecule has 104 valence electrons. The lowest BCUT2D eigenvalue weighted by molar-refractivity contribution is 0.0299. The van der Waals surface area contributed by atoms with Crippen molar-refractivity contribution in [1.29, 1.82) is 0 Å². The van der Waals surface area contributed by atoms with Crippen LogP contribution >= 0.6 is 11.3 Å². The molecular weight excluding hydrogens is 272 g/mol. The van der Waals surface area contributed by atoms with Gasteiger partial charge >= 0.3 is 0 Å². The van der Waals surface area contributed by atoms with E-state index in [9.17, 15) is 4.79 Å². The van der Waals surface area contributed by atoms with E-state index in [1.165, 1.54) is 16.9 Å². The van der Waals surface area contributed by atoms with Crippen molar-refractivity contribution < 1.29 is 9.53 Å². The molecule has 3 rings (SSSR count). The number of hydrogen-bond donors (Lipinski definition) is 0. The number of thiazole rings is 1. The highest BCUT2D eigenvalue weighted by molar-refractivity contribution is 7.13. The minimum atomic E-state index is 0.00270. The first-order chi connectivity index (χ1) is 9.74. The fourth-order valence-electron chi connectivity index (χ4n) is 2.13. The zero-order valence-corrected chi connectivity index (χ0v) is 12.2. The van der Waals surface area contributed by atoms with Crippen LogP contribution in [0.3, 0.4) is 0 Å². The fraction of sp³-hybridized carbons (Fsp3) is 0.333. The molecule has 1 fully saturated rings. The summed E-state index contributed by atoms with van der Waals surface area (Å²) in [7, 11) is 0. The van der Waals surface area contributed by atoms with Gasteiger partial charge in [0.05, 0.1) is 13.2 Å². The lowest BCUT2D eigenvalue weighted by Crippen LogP contribution is -2.40. The van der Waals surface area contributed by atoms with Gasteiger partial charge in [0, 0.05) is 24.0 Å². The Morgan fingerprint density at radius 3 is 2.65 bits per heavy atom. The first-order valence-corrected chi connectivity index (χ1v) is 7.51. The number of aryl methyl sites for hydroxylation is 1. The van der Waals surface area contributed by atoms with Gasteiger partial charge in [-0.2, -0.15) is 0 Å². The molecule has 1 aromatic heterocycles. The maximum Gasteiger partial charge on any atom is 0.273 e. The number of hydrogen-bond acceptors (Lipinski definition) is 4. The Morgan fingerprint density at radius 1 is 1.25 bits per heavy atom. The zero-order valence-electron chi connectivity index (χ0n) is 11.3. The normalized spacial score (nSPS) is 15.3. The number of morpholine rings is 1. The monoisotopic (exact) mass is 288 g/mol. The van der Waals surface area contributed by atoms with E-state index < -0.39 is 0 Å². The molecule has 0 spiro atoms. The number of carbonyl (C=O) groups excluding carboxylic acids is 1. The topological polar surface area (TPSA) is 42.4 Å². The number of aromatic nitrogens is 1. The summed E-state index contributed by atoms with van der Waals surface area (Å²) in [5.41, 5.74) is 2.81. The second-order valence-electron chi connectivity index (χ2n) is 4.81. The Labute approximate surface area is 122 Å². The first kappa shape index (κ1) is 13.3. The van der Waals surface area contributed by atoms with Crippen molar-refractivity contribution >= 4 is 17.2 Å². The van der Waals surface area contributed by atoms with Crippen molar-refractivity contribution in [2.75, 3.05) is 26.3 Å². The highest BCUT2D eigenvalue weighted by Crippen LogP contribution is 2.24. The summed E-state index contributed by atoms with van der Waals surface area (Å²) in [5, 5.41) is 2.73. The summed E-state index contributed by atoms with van der Waals surface area (Å²) in [4.78, 5) is 18.6. The van der Waals surface area contributed by atoms with E-state index in [0.29, 0.717) is 32.0 Å². The van der Waals surface area contributed by atoms with Crippen LogP contribution in [0.1, 0.15) is 16.1 Å². The molecule has 1 aromatic carbocycles. The summed E-state index contributed by atoms with van der Waals surface area (Å²) in [6.07, 6.45) is 0. The predicted octanol–water partition coefficient (Wildman–Crippen LogP) is 2.59. The Morgan fingerprint density at radius 2 is 1.95 bits per heavy atom. The lowest BCUT2D eigenvalue weighted by Gasteiger charge is -2.25. The van der Waals surface area contributed by atoms with Gasteiger partial charge in [-0.05, 0) is 6.92 Å². The molecule has 0 N–H and O–H groups in total. The second-order valence-corrected chi connectivity index (χ2v) is 5.67. The first-order valence-electron chi connectivity index (χ1n) is 6.63. The largest absolute Gasteiger partial charge is 0.378 e. The van der Waals surface area contributed by atoms with Crippen LogP contribution in [-0.4, -0.2) is 42.1 Å². The standard InChI is InChI=1S/C15H16N2O2S/c1-11-2-4-12(5-3-11)14-16-13(10-20-14)15(18)17-6-8-19-9-7-17/h2-5,10H,6-9H2,1H3. The van der Waals surface area contributed by atoms with Crippen LogP contribution < -0.4 is 0 Å². The molecule has 1 aliphatic heterocycles. The average molecular weight is 288 g/mol. The highest BCUT2D eigenvalue weighted by Gasteiger charge is 2.21.